The molecule has 0 aromatic carbocycles. The molecule has 0 aromatic rings. The molecule has 0 amide bonds. The minimum absolute atomic E-state index is 0.0410. The van der Waals surface area contributed by atoms with E-state index < -0.39 is 6.72 Å². The summed E-state index contributed by atoms with van der Waals surface area (Å²) < 4.78 is 10.7. The van der Waals surface area contributed by atoms with Crippen LogP contribution in [0.15, 0.2) is 12.2 Å². The van der Waals surface area contributed by atoms with Crippen LogP contribution in [-0.4, -0.2) is 17.6 Å². The fourth-order valence-corrected chi connectivity index (χ4v) is 4.55. The van der Waals surface area contributed by atoms with Crippen LogP contribution in [0.25, 0.3) is 0 Å². The second kappa shape index (κ2) is 19.6. The minimum Gasteiger partial charge on any atom is -0.324 e. The molecule has 5 heteroatoms. The molecule has 0 aromatic heterocycles. The Morgan fingerprint density at radius 3 is 1.81 bits per heavy atom. The highest BCUT2D eigenvalue weighted by molar-refractivity contribution is 8.07. The average molecular weight is 421 g/mol. The summed E-state index contributed by atoms with van der Waals surface area (Å²) in [5.74, 6) is 0. The molecule has 0 aliphatic rings. The maximum Gasteiger partial charge on any atom is 0.324 e. The monoisotopic (exact) mass is 420 g/mol. The van der Waals surface area contributed by atoms with Crippen LogP contribution >= 0.6 is 6.72 Å². The Bertz CT molecular complexity index is 388. The summed E-state index contributed by atoms with van der Waals surface area (Å²) in [7, 11) is 0. The van der Waals surface area contributed by atoms with Crippen LogP contribution in [0, 0.1) is 0 Å². The molecule has 0 spiro atoms. The van der Waals surface area contributed by atoms with Crippen molar-refractivity contribution in [1.82, 2.24) is 0 Å². The highest BCUT2D eigenvalue weighted by Crippen LogP contribution is 2.45. The van der Waals surface area contributed by atoms with Gasteiger partial charge < -0.3 is 13.9 Å². The Hall–Kier alpha value is 0.270. The predicted octanol–water partition coefficient (Wildman–Crippen LogP) is 8.07. The molecular weight excluding hydrogens is 375 g/mol. The molecule has 162 valence electrons. The van der Waals surface area contributed by atoms with Crippen molar-refractivity contribution in [3.05, 3.63) is 12.2 Å². The zero-order chi connectivity index (χ0) is 20.2. The van der Waals surface area contributed by atoms with Crippen molar-refractivity contribution in [2.45, 2.75) is 123 Å². The fourth-order valence-electron chi connectivity index (χ4n) is 2.86. The molecule has 0 saturated carbocycles. The maximum absolute atomic E-state index is 9.92. The van der Waals surface area contributed by atoms with E-state index in [1.807, 2.05) is 13.8 Å². The van der Waals surface area contributed by atoms with Crippen LogP contribution in [-0.2, 0) is 20.9 Å². The zero-order valence-electron chi connectivity index (χ0n) is 18.2. The Labute approximate surface area is 174 Å². The number of unbranched alkanes of at least 4 members (excludes halogenated alkanes) is 12. The summed E-state index contributed by atoms with van der Waals surface area (Å²) in [6.45, 7) is 3.66. The topological polar surface area (TPSA) is 38.7 Å². The minimum atomic E-state index is -3.03. The van der Waals surface area contributed by atoms with E-state index in [4.69, 9.17) is 20.9 Å². The van der Waals surface area contributed by atoms with Gasteiger partial charge in [0.15, 0.2) is 0 Å². The highest BCUT2D eigenvalue weighted by Gasteiger charge is 2.17. The molecule has 0 radical (unpaired) electrons. The van der Waals surface area contributed by atoms with E-state index in [1.165, 1.54) is 77.0 Å². The third kappa shape index (κ3) is 20.8. The van der Waals surface area contributed by atoms with Crippen LogP contribution in [0.2, 0.25) is 0 Å². The van der Waals surface area contributed by atoms with Gasteiger partial charge in [0.2, 0.25) is 0 Å². The molecule has 1 N–H and O–H groups in total. The van der Waals surface area contributed by atoms with Crippen LogP contribution in [0.5, 0.6) is 0 Å². The Morgan fingerprint density at radius 2 is 1.30 bits per heavy atom. The summed E-state index contributed by atoms with van der Waals surface area (Å²) in [5, 5.41) is 0. The first-order valence-electron chi connectivity index (χ1n) is 11.3. The Morgan fingerprint density at radius 1 is 0.815 bits per heavy atom. The number of allylic oxidation sites excluding steroid dienone is 2. The van der Waals surface area contributed by atoms with Gasteiger partial charge >= 0.3 is 6.72 Å². The molecule has 0 bridgehead atoms. The van der Waals surface area contributed by atoms with Crippen molar-refractivity contribution >= 4 is 18.5 Å². The summed E-state index contributed by atoms with van der Waals surface area (Å²) in [5.41, 5.74) is 0. The molecule has 0 fully saturated rings. The lowest BCUT2D eigenvalue weighted by Crippen LogP contribution is -2.06. The van der Waals surface area contributed by atoms with Crippen LogP contribution in [0.1, 0.15) is 117 Å². The van der Waals surface area contributed by atoms with E-state index in [-0.39, 0.29) is 6.10 Å². The Kier molecular flexibility index (Phi) is 19.8. The summed E-state index contributed by atoms with van der Waals surface area (Å²) in [6.07, 6.45) is 23.5. The number of rotatable bonds is 20. The third-order valence-electron chi connectivity index (χ3n) is 4.80. The number of hydrogen-bond donors (Lipinski definition) is 1. The first-order valence-corrected chi connectivity index (χ1v) is 13.9. The van der Waals surface area contributed by atoms with Gasteiger partial charge in [-0.25, -0.2) is 0 Å². The molecule has 3 nitrogen and oxygen atoms in total. The fraction of sp³-hybridized carbons (Fsp3) is 0.909. The van der Waals surface area contributed by atoms with Crippen LogP contribution in [0.4, 0.5) is 0 Å². The van der Waals surface area contributed by atoms with Gasteiger partial charge in [-0.2, -0.15) is 0 Å². The van der Waals surface area contributed by atoms with E-state index in [9.17, 15) is 4.89 Å². The van der Waals surface area contributed by atoms with E-state index in [2.05, 4.69) is 19.1 Å². The SMILES string of the molecule is CCCCCCCCC=CCCCCCCCCOP(O)(=S)OC(C)CC. The van der Waals surface area contributed by atoms with Crippen LogP contribution in [0.3, 0.4) is 0 Å². The van der Waals surface area contributed by atoms with Gasteiger partial charge in [-0.05, 0) is 57.3 Å². The molecule has 0 aliphatic carbocycles. The lowest BCUT2D eigenvalue weighted by molar-refractivity contribution is 0.147. The van der Waals surface area contributed by atoms with Gasteiger partial charge in [-0.1, -0.05) is 83.8 Å². The summed E-state index contributed by atoms with van der Waals surface area (Å²) >= 11 is 5.01. The lowest BCUT2D eigenvalue weighted by atomic mass is 10.1. The highest BCUT2D eigenvalue weighted by atomic mass is 32.5. The smallest absolute Gasteiger partial charge is 0.324 e. The molecule has 2 atom stereocenters. The van der Waals surface area contributed by atoms with E-state index in [1.54, 1.807) is 0 Å². The molecule has 0 heterocycles. The normalized spacial score (nSPS) is 15.3. The number of hydrogen-bond acceptors (Lipinski definition) is 3. The van der Waals surface area contributed by atoms with Gasteiger partial charge in [0, 0.05) is 0 Å². The average Bonchev–Trinajstić information content (AvgIpc) is 2.63. The van der Waals surface area contributed by atoms with Gasteiger partial charge in [0.05, 0.1) is 12.7 Å². The van der Waals surface area contributed by atoms with E-state index in [0.717, 1.165) is 19.3 Å². The van der Waals surface area contributed by atoms with Crippen LogP contribution < -0.4 is 0 Å². The van der Waals surface area contributed by atoms with Gasteiger partial charge in [-0.15, -0.1) is 0 Å². The molecular formula is C22H45O3PS. The molecule has 0 rings (SSSR count). The molecule has 2 unspecified atom stereocenters. The first-order chi connectivity index (χ1) is 13.0. The quantitative estimate of drug-likeness (QED) is 0.123. The largest absolute Gasteiger partial charge is 0.324 e. The maximum atomic E-state index is 9.92. The molecule has 0 aliphatic heterocycles. The van der Waals surface area contributed by atoms with Crippen molar-refractivity contribution in [3.63, 3.8) is 0 Å². The third-order valence-corrected chi connectivity index (χ3v) is 6.51. The second-order valence-electron chi connectivity index (χ2n) is 7.56. The predicted molar refractivity (Wildman–Crippen MR) is 123 cm³/mol. The lowest BCUT2D eigenvalue weighted by Gasteiger charge is -2.19. The van der Waals surface area contributed by atoms with Gasteiger partial charge in [0.1, 0.15) is 0 Å². The van der Waals surface area contributed by atoms with Crippen molar-refractivity contribution in [2.75, 3.05) is 6.61 Å². The first kappa shape index (κ1) is 27.3. The van der Waals surface area contributed by atoms with Gasteiger partial charge in [0.25, 0.3) is 0 Å². The summed E-state index contributed by atoms with van der Waals surface area (Å²) in [4.78, 5) is 9.92. The summed E-state index contributed by atoms with van der Waals surface area (Å²) in [6, 6.07) is 0. The van der Waals surface area contributed by atoms with E-state index in [0.29, 0.717) is 6.61 Å². The second-order valence-corrected chi connectivity index (χ2v) is 10.4. The van der Waals surface area contributed by atoms with E-state index >= 15 is 0 Å². The van der Waals surface area contributed by atoms with Crippen molar-refractivity contribution in [3.8, 4) is 0 Å². The zero-order valence-corrected chi connectivity index (χ0v) is 19.9. The Balaban J connectivity index is 3.31. The molecule has 0 saturated heterocycles. The van der Waals surface area contributed by atoms with Crippen molar-refractivity contribution in [1.29, 1.82) is 0 Å². The molecule has 27 heavy (non-hydrogen) atoms. The van der Waals surface area contributed by atoms with Crippen molar-refractivity contribution < 1.29 is 13.9 Å². The standard InChI is InChI=1S/C22H45O3PS/c1-4-6-7-8-9-10-11-12-13-14-15-16-17-18-19-20-21-24-26(23,27)25-22(3)5-2/h12-13,22H,4-11,14-21H2,1-3H3,(H,23,27). The van der Waals surface area contributed by atoms with Crippen molar-refractivity contribution in [2.24, 2.45) is 0 Å². The van der Waals surface area contributed by atoms with Gasteiger partial charge in [-0.3, -0.25) is 0 Å².